The lowest BCUT2D eigenvalue weighted by atomic mass is 10.1. The van der Waals surface area contributed by atoms with Crippen LogP contribution in [0.15, 0.2) is 49.0 Å². The number of hydrogen-bond acceptors (Lipinski definition) is 0. The molecule has 2 rings (SSSR count). The lowest BCUT2D eigenvalue weighted by Crippen LogP contribution is -1.83. The molecule has 0 fully saturated rings. The van der Waals surface area contributed by atoms with E-state index < -0.39 is 0 Å². The molecule has 0 saturated heterocycles. The zero-order valence-electron chi connectivity index (χ0n) is 12.5. The summed E-state index contributed by atoms with van der Waals surface area (Å²) in [5, 5.41) is 0. The van der Waals surface area contributed by atoms with Crippen molar-refractivity contribution in [3.8, 4) is 0 Å². The van der Waals surface area contributed by atoms with Gasteiger partial charge in [0.1, 0.15) is 0 Å². The molecule has 19 heavy (non-hydrogen) atoms. The Balaban J connectivity index is 0.000000191. The van der Waals surface area contributed by atoms with Gasteiger partial charge in [-0.2, -0.15) is 0 Å². The lowest BCUT2D eigenvalue weighted by Gasteiger charge is -2.00. The minimum Gasteiger partial charge on any atom is -0.0985 e. The first-order chi connectivity index (χ1) is 9.05. The third kappa shape index (κ3) is 5.56. The maximum atomic E-state index is 3.66. The van der Waals surface area contributed by atoms with Gasteiger partial charge in [-0.1, -0.05) is 78.7 Å². The largest absolute Gasteiger partial charge is 0.0985 e. The Bertz CT molecular complexity index is 498. The predicted molar refractivity (Wildman–Crippen MR) is 86.6 cm³/mol. The molecule has 0 heterocycles. The molecule has 0 N–H and O–H groups in total. The topological polar surface area (TPSA) is 0 Å². The molecular formula is C19H24. The smallest absolute Gasteiger partial charge is 0.0262 e. The first-order valence-electron chi connectivity index (χ1n) is 6.81. The Hall–Kier alpha value is -1.82. The fourth-order valence-electron chi connectivity index (χ4n) is 1.98. The molecule has 0 heteroatoms. The molecule has 0 saturated carbocycles. The van der Waals surface area contributed by atoms with Gasteiger partial charge < -0.3 is 0 Å². The first-order valence-corrected chi connectivity index (χ1v) is 6.81. The van der Waals surface area contributed by atoms with Crippen LogP contribution in [-0.2, 0) is 6.42 Å². The van der Waals surface area contributed by atoms with E-state index in [2.05, 4.69) is 76.7 Å². The van der Waals surface area contributed by atoms with Crippen LogP contribution in [0.1, 0.15) is 34.7 Å². The van der Waals surface area contributed by atoms with Gasteiger partial charge in [-0.15, -0.1) is 0 Å². The van der Waals surface area contributed by atoms with Crippen LogP contribution in [0, 0.1) is 20.8 Å². The van der Waals surface area contributed by atoms with Gasteiger partial charge in [0.2, 0.25) is 0 Å². The number of hydrogen-bond donors (Lipinski definition) is 0. The number of aryl methyl sites for hydroxylation is 4. The molecule has 0 aliphatic heterocycles. The Labute approximate surface area is 117 Å². The number of benzene rings is 2. The molecule has 0 aromatic heterocycles. The van der Waals surface area contributed by atoms with E-state index in [-0.39, 0.29) is 0 Å². The van der Waals surface area contributed by atoms with E-state index in [1.165, 1.54) is 27.8 Å². The molecule has 0 nitrogen and oxygen atoms in total. The zero-order valence-corrected chi connectivity index (χ0v) is 12.5. The minimum atomic E-state index is 1.14. The average molecular weight is 252 g/mol. The van der Waals surface area contributed by atoms with Crippen molar-refractivity contribution in [2.24, 2.45) is 0 Å². The first kappa shape index (κ1) is 15.2. The van der Waals surface area contributed by atoms with Crippen LogP contribution in [0.25, 0.3) is 6.08 Å². The van der Waals surface area contributed by atoms with Crippen LogP contribution in [0.3, 0.4) is 0 Å². The van der Waals surface area contributed by atoms with Crippen LogP contribution in [0.4, 0.5) is 0 Å². The summed E-state index contributed by atoms with van der Waals surface area (Å²) >= 11 is 0. The maximum Gasteiger partial charge on any atom is -0.0262 e. The minimum absolute atomic E-state index is 1.14. The van der Waals surface area contributed by atoms with Gasteiger partial charge in [0.25, 0.3) is 0 Å². The standard InChI is InChI=1S/C10H14.C9H10/c1-4-10-6-8(2)5-9(3)7-10;1-3-9-6-4-8(2)5-7-9/h5-7H,4H2,1-3H3;3-7H,1H2,2H3. The maximum absolute atomic E-state index is 3.66. The molecule has 0 radical (unpaired) electrons. The summed E-state index contributed by atoms with van der Waals surface area (Å²) in [6.07, 6.45) is 2.99. The SMILES string of the molecule is C=Cc1ccc(C)cc1.CCc1cc(C)cc(C)c1. The van der Waals surface area contributed by atoms with Gasteiger partial charge in [0.15, 0.2) is 0 Å². The van der Waals surface area contributed by atoms with Gasteiger partial charge in [-0.3, -0.25) is 0 Å². The van der Waals surface area contributed by atoms with Crippen LogP contribution in [0.5, 0.6) is 0 Å². The van der Waals surface area contributed by atoms with Crippen molar-refractivity contribution < 1.29 is 0 Å². The van der Waals surface area contributed by atoms with Crippen molar-refractivity contribution in [3.63, 3.8) is 0 Å². The van der Waals surface area contributed by atoms with E-state index in [1.54, 1.807) is 0 Å². The van der Waals surface area contributed by atoms with Gasteiger partial charge in [-0.25, -0.2) is 0 Å². The second kappa shape index (κ2) is 7.58. The summed E-state index contributed by atoms with van der Waals surface area (Å²) in [6.45, 7) is 12.2. The Morgan fingerprint density at radius 2 is 1.37 bits per heavy atom. The lowest BCUT2D eigenvalue weighted by molar-refractivity contribution is 1.12. The molecule has 100 valence electrons. The quantitative estimate of drug-likeness (QED) is 0.661. The second-order valence-corrected chi connectivity index (χ2v) is 4.96. The predicted octanol–water partition coefficient (Wildman–Crippen LogP) is 5.50. The summed E-state index contributed by atoms with van der Waals surface area (Å²) in [6, 6.07) is 15.0. The summed E-state index contributed by atoms with van der Waals surface area (Å²) in [5.41, 5.74) is 6.66. The molecule has 2 aromatic rings. The highest BCUT2D eigenvalue weighted by atomic mass is 14.0. The monoisotopic (exact) mass is 252 g/mol. The number of rotatable bonds is 2. The summed E-state index contributed by atoms with van der Waals surface area (Å²) < 4.78 is 0. The fraction of sp³-hybridized carbons (Fsp3) is 0.263. The third-order valence-corrected chi connectivity index (χ3v) is 3.00. The van der Waals surface area contributed by atoms with Crippen LogP contribution in [-0.4, -0.2) is 0 Å². The van der Waals surface area contributed by atoms with Gasteiger partial charge in [0.05, 0.1) is 0 Å². The van der Waals surface area contributed by atoms with E-state index in [1.807, 2.05) is 6.08 Å². The molecule has 2 aromatic carbocycles. The van der Waals surface area contributed by atoms with Gasteiger partial charge >= 0.3 is 0 Å². The van der Waals surface area contributed by atoms with Crippen molar-refractivity contribution in [1.82, 2.24) is 0 Å². The molecule has 0 unspecified atom stereocenters. The molecule has 0 amide bonds. The normalized spacial score (nSPS) is 9.47. The highest BCUT2D eigenvalue weighted by Crippen LogP contribution is 2.08. The van der Waals surface area contributed by atoms with Gasteiger partial charge in [-0.05, 0) is 38.3 Å². The fourth-order valence-corrected chi connectivity index (χ4v) is 1.98. The van der Waals surface area contributed by atoms with Crippen molar-refractivity contribution in [3.05, 3.63) is 76.9 Å². The van der Waals surface area contributed by atoms with E-state index in [0.717, 1.165) is 6.42 Å². The summed E-state index contributed by atoms with van der Waals surface area (Å²) in [4.78, 5) is 0. The molecule has 0 atom stereocenters. The Morgan fingerprint density at radius 1 is 0.842 bits per heavy atom. The zero-order chi connectivity index (χ0) is 14.3. The van der Waals surface area contributed by atoms with Gasteiger partial charge in [0, 0.05) is 0 Å². The van der Waals surface area contributed by atoms with Crippen molar-refractivity contribution in [1.29, 1.82) is 0 Å². The molecule has 0 bridgehead atoms. The van der Waals surface area contributed by atoms with Crippen molar-refractivity contribution >= 4 is 6.08 Å². The summed E-state index contributed by atoms with van der Waals surface area (Å²) in [7, 11) is 0. The van der Waals surface area contributed by atoms with Crippen molar-refractivity contribution in [2.45, 2.75) is 34.1 Å². The molecule has 0 aliphatic carbocycles. The summed E-state index contributed by atoms with van der Waals surface area (Å²) in [5.74, 6) is 0. The average Bonchev–Trinajstić information content (AvgIpc) is 2.39. The van der Waals surface area contributed by atoms with E-state index in [0.29, 0.717) is 0 Å². The Morgan fingerprint density at radius 3 is 1.79 bits per heavy atom. The second-order valence-electron chi connectivity index (χ2n) is 4.96. The molecule has 0 spiro atoms. The highest BCUT2D eigenvalue weighted by molar-refractivity contribution is 5.46. The van der Waals surface area contributed by atoms with E-state index in [4.69, 9.17) is 0 Å². The van der Waals surface area contributed by atoms with Crippen LogP contribution in [0.2, 0.25) is 0 Å². The van der Waals surface area contributed by atoms with Crippen molar-refractivity contribution in [2.75, 3.05) is 0 Å². The van der Waals surface area contributed by atoms with Crippen LogP contribution >= 0.6 is 0 Å². The van der Waals surface area contributed by atoms with Crippen LogP contribution < -0.4 is 0 Å². The Kier molecular flexibility index (Phi) is 6.08. The van der Waals surface area contributed by atoms with E-state index in [9.17, 15) is 0 Å². The highest BCUT2D eigenvalue weighted by Gasteiger charge is 1.91. The van der Waals surface area contributed by atoms with E-state index >= 15 is 0 Å². The third-order valence-electron chi connectivity index (χ3n) is 3.00. The molecular weight excluding hydrogens is 228 g/mol. The molecule has 0 aliphatic rings.